The van der Waals surface area contributed by atoms with Crippen LogP contribution in [0.1, 0.15) is 12.5 Å². The van der Waals surface area contributed by atoms with Crippen LogP contribution in [0.2, 0.25) is 0 Å². The summed E-state index contributed by atoms with van der Waals surface area (Å²) in [6, 6.07) is 7.03. The third-order valence-corrected chi connectivity index (χ3v) is 4.12. The van der Waals surface area contributed by atoms with Crippen molar-refractivity contribution in [1.82, 2.24) is 9.78 Å². The molecule has 0 radical (unpaired) electrons. The maximum atomic E-state index is 14.4. The number of benzene rings is 2. The van der Waals surface area contributed by atoms with Crippen molar-refractivity contribution < 1.29 is 31.8 Å². The number of methoxy groups -OCH3 is 1. The lowest BCUT2D eigenvalue weighted by molar-refractivity contribution is -0.148. The van der Waals surface area contributed by atoms with E-state index in [1.165, 1.54) is 6.92 Å². The van der Waals surface area contributed by atoms with Gasteiger partial charge in [0, 0.05) is 11.6 Å². The first-order valence-corrected chi connectivity index (χ1v) is 8.45. The quantitative estimate of drug-likeness (QED) is 0.463. The number of hydrogen-bond acceptors (Lipinski definition) is 5. The Morgan fingerprint density at radius 2 is 1.80 bits per heavy atom. The summed E-state index contributed by atoms with van der Waals surface area (Å²) in [5.41, 5.74) is -0.956. The van der Waals surface area contributed by atoms with E-state index in [9.17, 15) is 27.6 Å². The average molecular weight is 419 g/mol. The lowest BCUT2D eigenvalue weighted by Gasteiger charge is -2.09. The monoisotopic (exact) mass is 419 g/mol. The van der Waals surface area contributed by atoms with Gasteiger partial charge in [0.2, 0.25) is 0 Å². The van der Waals surface area contributed by atoms with E-state index in [-0.39, 0.29) is 16.8 Å². The van der Waals surface area contributed by atoms with Gasteiger partial charge in [0.25, 0.3) is 5.88 Å². The Balaban J connectivity index is 2.29. The average Bonchev–Trinajstić information content (AvgIpc) is 3.08. The normalized spacial score (nSPS) is 11.6. The molecule has 1 heterocycles. The molecule has 6 nitrogen and oxygen atoms in total. The maximum Gasteiger partial charge on any atom is 0.346 e. The Kier molecular flexibility index (Phi) is 5.73. The van der Waals surface area contributed by atoms with Crippen molar-refractivity contribution in [3.63, 3.8) is 0 Å². The minimum absolute atomic E-state index is 0.0535. The van der Waals surface area contributed by atoms with Crippen LogP contribution < -0.4 is 4.74 Å². The van der Waals surface area contributed by atoms with Gasteiger partial charge in [-0.1, -0.05) is 0 Å². The Labute approximate surface area is 167 Å². The predicted molar refractivity (Wildman–Crippen MR) is 95.7 cm³/mol. The number of carbonyl (C=O) groups excluding carboxylic acids is 1. The summed E-state index contributed by atoms with van der Waals surface area (Å²) in [6.45, 7) is 1.33. The largest absolute Gasteiger partial charge is 0.466 e. The van der Waals surface area contributed by atoms with Crippen LogP contribution in [-0.4, -0.2) is 29.0 Å². The van der Waals surface area contributed by atoms with Gasteiger partial charge in [-0.3, -0.25) is 0 Å². The summed E-state index contributed by atoms with van der Waals surface area (Å²) in [6.07, 6.45) is -1.19. The molecule has 0 bridgehead atoms. The molecule has 0 saturated heterocycles. The molecule has 1 atom stereocenters. The Morgan fingerprint density at radius 3 is 2.43 bits per heavy atom. The van der Waals surface area contributed by atoms with Gasteiger partial charge in [-0.25, -0.2) is 27.0 Å². The summed E-state index contributed by atoms with van der Waals surface area (Å²) < 4.78 is 66.1. The first-order valence-electron chi connectivity index (χ1n) is 8.45. The summed E-state index contributed by atoms with van der Waals surface area (Å²) in [5.74, 6) is -5.26. The Morgan fingerprint density at radius 1 is 1.10 bits per heavy atom. The first kappa shape index (κ1) is 20.9. The second-order valence-corrected chi connectivity index (χ2v) is 6.06. The molecular formula is C20H13F4N3O3. The van der Waals surface area contributed by atoms with Crippen LogP contribution in [0.5, 0.6) is 5.88 Å². The van der Waals surface area contributed by atoms with Crippen molar-refractivity contribution in [1.29, 1.82) is 5.26 Å². The number of hydrogen-bond donors (Lipinski definition) is 0. The van der Waals surface area contributed by atoms with Crippen LogP contribution in [0.3, 0.4) is 0 Å². The molecule has 3 rings (SSSR count). The van der Waals surface area contributed by atoms with Gasteiger partial charge in [-0.2, -0.15) is 5.26 Å². The van der Waals surface area contributed by atoms with Crippen LogP contribution in [0.25, 0.3) is 16.9 Å². The summed E-state index contributed by atoms with van der Waals surface area (Å²) in [7, 11) is 1.13. The summed E-state index contributed by atoms with van der Waals surface area (Å²) in [5, 5.41) is 13.6. The zero-order chi connectivity index (χ0) is 22.0. The van der Waals surface area contributed by atoms with E-state index in [2.05, 4.69) is 9.84 Å². The number of halogens is 4. The Hall–Kier alpha value is -3.87. The van der Waals surface area contributed by atoms with E-state index in [1.807, 2.05) is 0 Å². The van der Waals surface area contributed by atoms with Gasteiger partial charge < -0.3 is 9.47 Å². The molecule has 0 fully saturated rings. The standard InChI is InChI=1S/C20H13F4N3O3/c1-10(20(28)29-2)30-19-13(9-25)18(11-3-5-14(22)16(24)7-11)27(26-19)17-8-12(21)4-6-15(17)23/h3-8,10H,1-2H3. The molecule has 0 N–H and O–H groups in total. The van der Waals surface area contributed by atoms with Crippen molar-refractivity contribution in [2.45, 2.75) is 13.0 Å². The molecule has 2 aromatic carbocycles. The molecule has 1 unspecified atom stereocenters. The van der Waals surface area contributed by atoms with Gasteiger partial charge in [0.05, 0.1) is 12.8 Å². The summed E-state index contributed by atoms with van der Waals surface area (Å²) in [4.78, 5) is 11.7. The first-order chi connectivity index (χ1) is 14.3. The maximum absolute atomic E-state index is 14.4. The molecule has 1 aromatic heterocycles. The highest BCUT2D eigenvalue weighted by Gasteiger charge is 2.27. The molecule has 0 aliphatic rings. The van der Waals surface area contributed by atoms with Crippen molar-refractivity contribution >= 4 is 5.97 Å². The SMILES string of the molecule is COC(=O)C(C)Oc1nn(-c2cc(F)ccc2F)c(-c2ccc(F)c(F)c2)c1C#N. The number of esters is 1. The lowest BCUT2D eigenvalue weighted by atomic mass is 10.1. The third-order valence-electron chi connectivity index (χ3n) is 4.12. The van der Waals surface area contributed by atoms with E-state index >= 15 is 0 Å². The molecule has 30 heavy (non-hydrogen) atoms. The van der Waals surface area contributed by atoms with Crippen molar-refractivity contribution in [2.24, 2.45) is 0 Å². The van der Waals surface area contributed by atoms with E-state index in [0.29, 0.717) is 0 Å². The Bertz CT molecular complexity index is 1170. The van der Waals surface area contributed by atoms with E-state index in [0.717, 1.165) is 48.2 Å². The number of carbonyl (C=O) groups is 1. The lowest BCUT2D eigenvalue weighted by Crippen LogP contribution is -2.25. The molecule has 10 heteroatoms. The molecule has 0 aliphatic heterocycles. The van der Waals surface area contributed by atoms with Crippen LogP contribution in [0.15, 0.2) is 36.4 Å². The minimum Gasteiger partial charge on any atom is -0.466 e. The fraction of sp³-hybridized carbons (Fsp3) is 0.150. The van der Waals surface area contributed by atoms with Crippen LogP contribution in [0, 0.1) is 34.6 Å². The van der Waals surface area contributed by atoms with Crippen LogP contribution >= 0.6 is 0 Å². The van der Waals surface area contributed by atoms with Gasteiger partial charge in [0.15, 0.2) is 17.7 Å². The van der Waals surface area contributed by atoms with E-state index < -0.39 is 46.9 Å². The summed E-state index contributed by atoms with van der Waals surface area (Å²) >= 11 is 0. The number of rotatable bonds is 5. The molecule has 154 valence electrons. The van der Waals surface area contributed by atoms with Crippen molar-refractivity contribution in [2.75, 3.05) is 7.11 Å². The van der Waals surface area contributed by atoms with Gasteiger partial charge in [-0.15, -0.1) is 5.10 Å². The molecular weight excluding hydrogens is 406 g/mol. The predicted octanol–water partition coefficient (Wildman–Crippen LogP) is 3.91. The zero-order valence-electron chi connectivity index (χ0n) is 15.6. The molecule has 0 spiro atoms. The number of nitrogens with zero attached hydrogens (tertiary/aromatic N) is 3. The highest BCUT2D eigenvalue weighted by Crippen LogP contribution is 2.34. The molecule has 0 amide bonds. The highest BCUT2D eigenvalue weighted by molar-refractivity contribution is 5.75. The smallest absolute Gasteiger partial charge is 0.346 e. The van der Waals surface area contributed by atoms with Crippen molar-refractivity contribution in [3.05, 3.63) is 65.2 Å². The number of nitriles is 1. The van der Waals surface area contributed by atoms with Gasteiger partial charge >= 0.3 is 5.97 Å². The molecule has 0 aliphatic carbocycles. The van der Waals surface area contributed by atoms with E-state index in [1.54, 1.807) is 6.07 Å². The highest BCUT2D eigenvalue weighted by atomic mass is 19.2. The topological polar surface area (TPSA) is 77.1 Å². The van der Waals surface area contributed by atoms with Crippen LogP contribution in [0.4, 0.5) is 17.6 Å². The van der Waals surface area contributed by atoms with Crippen LogP contribution in [-0.2, 0) is 9.53 Å². The number of ether oxygens (including phenoxy) is 2. The fourth-order valence-corrected chi connectivity index (χ4v) is 2.70. The third kappa shape index (κ3) is 3.82. The van der Waals surface area contributed by atoms with Gasteiger partial charge in [0.1, 0.15) is 29.0 Å². The van der Waals surface area contributed by atoms with E-state index in [4.69, 9.17) is 4.74 Å². The molecule has 0 saturated carbocycles. The van der Waals surface area contributed by atoms with Crippen molar-refractivity contribution in [3.8, 4) is 28.9 Å². The second kappa shape index (κ2) is 8.24. The fourth-order valence-electron chi connectivity index (χ4n) is 2.70. The minimum atomic E-state index is -1.23. The molecule has 3 aromatic rings. The van der Waals surface area contributed by atoms with Gasteiger partial charge in [-0.05, 0) is 37.3 Å². The zero-order valence-corrected chi connectivity index (χ0v) is 15.6. The second-order valence-electron chi connectivity index (χ2n) is 6.06. The number of aromatic nitrogens is 2.